The molecule has 1 aromatic carbocycles. The highest BCUT2D eigenvalue weighted by Crippen LogP contribution is 2.45. The van der Waals surface area contributed by atoms with Crippen LogP contribution in [0.5, 0.6) is 5.75 Å². The smallest absolute Gasteiger partial charge is 0.205 e. The van der Waals surface area contributed by atoms with Gasteiger partial charge in [-0.15, -0.1) is 0 Å². The standard InChI is InChI=1S/C18H15BN4O/c1-23-5-4-12-15(23)3-2-13-16(10-6-11(19)9-22-8-10)14(7-20)18(21)24-17(12)13/h2-6,8-9,16H,19,21H2,1H3. The number of aromatic nitrogens is 2. The number of nitrogens with two attached hydrogens (primary N) is 1. The molecule has 0 saturated carbocycles. The molecule has 3 aromatic rings. The van der Waals surface area contributed by atoms with E-state index in [0.717, 1.165) is 33.2 Å². The molecule has 6 heteroatoms. The number of nitrogens with zero attached hydrogens (tertiary/aromatic N) is 3. The van der Waals surface area contributed by atoms with Crippen LogP contribution < -0.4 is 15.9 Å². The van der Waals surface area contributed by atoms with Crippen LogP contribution in [0.3, 0.4) is 0 Å². The van der Waals surface area contributed by atoms with Gasteiger partial charge >= 0.3 is 0 Å². The zero-order chi connectivity index (χ0) is 16.8. The van der Waals surface area contributed by atoms with E-state index in [0.29, 0.717) is 5.57 Å². The molecule has 0 aliphatic carbocycles. The van der Waals surface area contributed by atoms with Gasteiger partial charge in [-0.05, 0) is 17.7 Å². The number of aryl methyl sites for hydroxylation is 1. The van der Waals surface area contributed by atoms with Gasteiger partial charge in [0.1, 0.15) is 25.2 Å². The maximum Gasteiger partial charge on any atom is 0.205 e. The van der Waals surface area contributed by atoms with Gasteiger partial charge in [0.2, 0.25) is 5.88 Å². The maximum absolute atomic E-state index is 9.61. The fraction of sp³-hybridized carbons (Fsp3) is 0.111. The first-order chi connectivity index (χ1) is 11.6. The second-order valence-corrected chi connectivity index (χ2v) is 6.06. The van der Waals surface area contributed by atoms with Crippen molar-refractivity contribution in [3.05, 3.63) is 65.4 Å². The summed E-state index contributed by atoms with van der Waals surface area (Å²) in [6.07, 6.45) is 5.56. The first-order valence-corrected chi connectivity index (χ1v) is 7.67. The van der Waals surface area contributed by atoms with Crippen LogP contribution in [-0.2, 0) is 7.05 Å². The fourth-order valence-electron chi connectivity index (χ4n) is 3.35. The molecule has 4 rings (SSSR count). The Labute approximate surface area is 140 Å². The Hall–Kier alpha value is -3.20. The van der Waals surface area contributed by atoms with E-state index in [4.69, 9.17) is 10.5 Å². The first-order valence-electron chi connectivity index (χ1n) is 7.67. The molecule has 5 nitrogen and oxygen atoms in total. The summed E-state index contributed by atoms with van der Waals surface area (Å²) in [7, 11) is 3.97. The summed E-state index contributed by atoms with van der Waals surface area (Å²) in [5, 5.41) is 10.6. The number of hydrogen-bond acceptors (Lipinski definition) is 4. The van der Waals surface area contributed by atoms with Crippen LogP contribution in [0.2, 0.25) is 0 Å². The predicted octanol–water partition coefficient (Wildman–Crippen LogP) is 1.05. The Morgan fingerprint density at radius 3 is 2.92 bits per heavy atom. The molecule has 116 valence electrons. The quantitative estimate of drug-likeness (QED) is 0.681. The van der Waals surface area contributed by atoms with Crippen LogP contribution in [0.15, 0.2) is 54.3 Å². The van der Waals surface area contributed by atoms with Crippen LogP contribution in [0.25, 0.3) is 10.9 Å². The van der Waals surface area contributed by atoms with Crippen molar-refractivity contribution in [1.29, 1.82) is 5.26 Å². The predicted molar refractivity (Wildman–Crippen MR) is 94.6 cm³/mol. The van der Waals surface area contributed by atoms with Gasteiger partial charge in [-0.3, -0.25) is 4.98 Å². The topological polar surface area (TPSA) is 76.9 Å². The molecule has 0 fully saturated rings. The lowest BCUT2D eigenvalue weighted by Gasteiger charge is -2.27. The summed E-state index contributed by atoms with van der Waals surface area (Å²) in [4.78, 5) is 4.27. The summed E-state index contributed by atoms with van der Waals surface area (Å²) in [6.45, 7) is 0. The first kappa shape index (κ1) is 14.4. The number of hydrogen-bond donors (Lipinski definition) is 1. The van der Waals surface area contributed by atoms with Crippen molar-refractivity contribution < 1.29 is 4.74 Å². The highest BCUT2D eigenvalue weighted by molar-refractivity contribution is 6.32. The third kappa shape index (κ3) is 1.98. The molecule has 0 spiro atoms. The highest BCUT2D eigenvalue weighted by atomic mass is 16.5. The van der Waals surface area contributed by atoms with Crippen molar-refractivity contribution in [1.82, 2.24) is 9.55 Å². The molecular weight excluding hydrogens is 299 g/mol. The van der Waals surface area contributed by atoms with Gasteiger partial charge in [-0.2, -0.15) is 5.26 Å². The second-order valence-electron chi connectivity index (χ2n) is 6.06. The van der Waals surface area contributed by atoms with E-state index in [1.807, 2.05) is 49.9 Å². The van der Waals surface area contributed by atoms with E-state index in [1.165, 1.54) is 0 Å². The van der Waals surface area contributed by atoms with Gasteiger partial charge < -0.3 is 15.0 Å². The molecule has 1 aliphatic rings. The van der Waals surface area contributed by atoms with Gasteiger partial charge in [0.05, 0.1) is 11.4 Å². The van der Waals surface area contributed by atoms with Gasteiger partial charge in [-0.25, -0.2) is 0 Å². The largest absolute Gasteiger partial charge is 0.439 e. The number of pyridine rings is 1. The number of fused-ring (bicyclic) bond motifs is 3. The Kier molecular flexibility index (Phi) is 3.10. The van der Waals surface area contributed by atoms with Crippen molar-refractivity contribution in [2.45, 2.75) is 5.92 Å². The summed E-state index contributed by atoms with van der Waals surface area (Å²) in [5.41, 5.74) is 10.5. The van der Waals surface area contributed by atoms with Gasteiger partial charge in [0.25, 0.3) is 0 Å². The molecular formula is C18H15BN4O. The molecule has 0 radical (unpaired) electrons. The lowest BCUT2D eigenvalue weighted by Crippen LogP contribution is -2.22. The average Bonchev–Trinajstić information content (AvgIpc) is 2.95. The number of benzene rings is 1. The van der Waals surface area contributed by atoms with Crippen LogP contribution in [-0.4, -0.2) is 17.4 Å². The molecule has 1 atom stereocenters. The van der Waals surface area contributed by atoms with Crippen molar-refractivity contribution in [2.75, 3.05) is 0 Å². The van der Waals surface area contributed by atoms with E-state index in [1.54, 1.807) is 12.4 Å². The number of nitriles is 1. The molecule has 2 N–H and O–H groups in total. The zero-order valence-corrected chi connectivity index (χ0v) is 13.4. The summed E-state index contributed by atoms with van der Waals surface area (Å²) in [5.74, 6) is 0.611. The minimum absolute atomic E-state index is 0.160. The summed E-state index contributed by atoms with van der Waals surface area (Å²) >= 11 is 0. The monoisotopic (exact) mass is 314 g/mol. The zero-order valence-electron chi connectivity index (χ0n) is 13.4. The lowest BCUT2D eigenvalue weighted by atomic mass is 9.82. The third-order valence-corrected chi connectivity index (χ3v) is 4.48. The Morgan fingerprint density at radius 1 is 1.33 bits per heavy atom. The van der Waals surface area contributed by atoms with Crippen molar-refractivity contribution in [3.63, 3.8) is 0 Å². The van der Waals surface area contributed by atoms with Crippen LogP contribution >= 0.6 is 0 Å². The van der Waals surface area contributed by atoms with Crippen LogP contribution in [0, 0.1) is 11.3 Å². The minimum Gasteiger partial charge on any atom is -0.439 e. The Bertz CT molecular complexity index is 1040. The number of allylic oxidation sites excluding steroid dienone is 1. The van der Waals surface area contributed by atoms with E-state index in [-0.39, 0.29) is 11.8 Å². The molecule has 3 heterocycles. The van der Waals surface area contributed by atoms with Crippen molar-refractivity contribution in [3.8, 4) is 11.8 Å². The summed E-state index contributed by atoms with van der Waals surface area (Å²) in [6, 6.07) is 10.3. The molecule has 1 unspecified atom stereocenters. The van der Waals surface area contributed by atoms with E-state index in [2.05, 4.69) is 11.1 Å². The number of rotatable bonds is 1. The summed E-state index contributed by atoms with van der Waals surface area (Å²) < 4.78 is 7.87. The van der Waals surface area contributed by atoms with Gasteiger partial charge in [-0.1, -0.05) is 17.6 Å². The number of ether oxygens (including phenoxy) is 1. The van der Waals surface area contributed by atoms with Gasteiger partial charge in [0, 0.05) is 36.6 Å². The SMILES string of the molecule is Bc1cncc(C2C(C#N)=C(N)Oc3c2ccc2c3ccn2C)c1. The normalized spacial score (nSPS) is 16.6. The molecule has 0 amide bonds. The van der Waals surface area contributed by atoms with E-state index >= 15 is 0 Å². The molecule has 0 bridgehead atoms. The molecule has 1 aliphatic heterocycles. The van der Waals surface area contributed by atoms with Crippen LogP contribution in [0.4, 0.5) is 0 Å². The van der Waals surface area contributed by atoms with Crippen molar-refractivity contribution in [2.24, 2.45) is 12.8 Å². The average molecular weight is 314 g/mol. The Morgan fingerprint density at radius 2 is 2.17 bits per heavy atom. The molecule has 2 aromatic heterocycles. The molecule has 0 saturated heterocycles. The van der Waals surface area contributed by atoms with E-state index < -0.39 is 0 Å². The highest BCUT2D eigenvalue weighted by Gasteiger charge is 2.32. The third-order valence-electron chi connectivity index (χ3n) is 4.48. The second kappa shape index (κ2) is 5.17. The maximum atomic E-state index is 9.61. The van der Waals surface area contributed by atoms with Crippen LogP contribution in [0.1, 0.15) is 17.0 Å². The van der Waals surface area contributed by atoms with E-state index in [9.17, 15) is 5.26 Å². The fourth-order valence-corrected chi connectivity index (χ4v) is 3.35. The molecule has 24 heavy (non-hydrogen) atoms. The van der Waals surface area contributed by atoms with Crippen molar-refractivity contribution >= 4 is 24.2 Å². The Balaban J connectivity index is 2.02. The minimum atomic E-state index is -0.268. The lowest BCUT2D eigenvalue weighted by molar-refractivity contribution is 0.398. The van der Waals surface area contributed by atoms with Gasteiger partial charge in [0.15, 0.2) is 0 Å².